The minimum absolute atomic E-state index is 0.592. The number of fused-ring (bicyclic) bond motifs is 3. The Balaban J connectivity index is 1.72. The van der Waals surface area contributed by atoms with Crippen molar-refractivity contribution < 1.29 is 4.74 Å². The van der Waals surface area contributed by atoms with Crippen molar-refractivity contribution in [1.29, 1.82) is 0 Å². The molecular formula is C20H19NOS. The minimum Gasteiger partial charge on any atom is -0.473 e. The lowest BCUT2D eigenvalue weighted by Crippen LogP contribution is -2.31. The van der Waals surface area contributed by atoms with Gasteiger partial charge in [-0.25, -0.2) is 0 Å². The zero-order valence-electron chi connectivity index (χ0n) is 13.1. The normalized spacial score (nSPS) is 13.7. The van der Waals surface area contributed by atoms with Gasteiger partial charge < -0.3 is 9.64 Å². The van der Waals surface area contributed by atoms with E-state index in [1.54, 1.807) is 0 Å². The number of aryl methyl sites for hydroxylation is 1. The average Bonchev–Trinajstić information content (AvgIpc) is 2.61. The van der Waals surface area contributed by atoms with Gasteiger partial charge >= 0.3 is 0 Å². The third-order valence-corrected chi connectivity index (χ3v) is 4.78. The van der Waals surface area contributed by atoms with Gasteiger partial charge in [0.15, 0.2) is 6.73 Å². The molecule has 0 fully saturated rings. The van der Waals surface area contributed by atoms with E-state index in [1.807, 2.05) is 6.07 Å². The van der Waals surface area contributed by atoms with Crippen LogP contribution in [-0.4, -0.2) is 6.73 Å². The van der Waals surface area contributed by atoms with Gasteiger partial charge in [-0.2, -0.15) is 0 Å². The van der Waals surface area contributed by atoms with Crippen molar-refractivity contribution in [2.45, 2.75) is 24.8 Å². The van der Waals surface area contributed by atoms with Crippen molar-refractivity contribution in [3.05, 3.63) is 65.7 Å². The molecule has 0 aliphatic carbocycles. The molecule has 0 radical (unpaired) electrons. The Morgan fingerprint density at radius 2 is 1.87 bits per heavy atom. The van der Waals surface area contributed by atoms with Gasteiger partial charge in [-0.05, 0) is 53.1 Å². The van der Waals surface area contributed by atoms with Crippen LogP contribution >= 0.6 is 12.6 Å². The number of ether oxygens (including phenoxy) is 1. The summed E-state index contributed by atoms with van der Waals surface area (Å²) in [5.74, 6) is 0.992. The van der Waals surface area contributed by atoms with E-state index in [2.05, 4.69) is 73.0 Å². The first kappa shape index (κ1) is 14.5. The van der Waals surface area contributed by atoms with Crippen molar-refractivity contribution >= 4 is 29.1 Å². The van der Waals surface area contributed by atoms with Crippen LogP contribution in [0.15, 0.2) is 59.5 Å². The van der Waals surface area contributed by atoms with Gasteiger partial charge in [0.25, 0.3) is 0 Å². The van der Waals surface area contributed by atoms with Crippen molar-refractivity contribution in [2.24, 2.45) is 0 Å². The van der Waals surface area contributed by atoms with E-state index >= 15 is 0 Å². The number of hydrogen-bond acceptors (Lipinski definition) is 3. The molecule has 4 rings (SSSR count). The third-order valence-electron chi connectivity index (χ3n) is 4.51. The second-order valence-electron chi connectivity index (χ2n) is 5.94. The molecule has 23 heavy (non-hydrogen) atoms. The molecule has 0 unspecified atom stereocenters. The summed E-state index contributed by atoms with van der Waals surface area (Å²) in [6.45, 7) is 3.63. The van der Waals surface area contributed by atoms with Crippen molar-refractivity contribution in [3.63, 3.8) is 0 Å². The summed E-state index contributed by atoms with van der Waals surface area (Å²) in [6.07, 6.45) is 1.07. The van der Waals surface area contributed by atoms with Crippen LogP contribution in [0.2, 0.25) is 0 Å². The highest BCUT2D eigenvalue weighted by Crippen LogP contribution is 2.34. The summed E-state index contributed by atoms with van der Waals surface area (Å²) in [5.41, 5.74) is 3.82. The fourth-order valence-corrected chi connectivity index (χ4v) is 3.37. The largest absolute Gasteiger partial charge is 0.473 e. The maximum absolute atomic E-state index is 5.99. The summed E-state index contributed by atoms with van der Waals surface area (Å²) in [7, 11) is 0. The molecule has 3 aromatic carbocycles. The Kier molecular flexibility index (Phi) is 3.66. The highest BCUT2D eigenvalue weighted by Gasteiger charge is 2.19. The Labute approximate surface area is 142 Å². The molecule has 0 amide bonds. The van der Waals surface area contributed by atoms with E-state index in [1.165, 1.54) is 27.6 Å². The molecule has 2 nitrogen and oxygen atoms in total. The van der Waals surface area contributed by atoms with Crippen LogP contribution in [0, 0.1) is 0 Å². The van der Waals surface area contributed by atoms with Crippen molar-refractivity contribution in [3.8, 4) is 5.75 Å². The number of rotatable bonds is 2. The van der Waals surface area contributed by atoms with Crippen LogP contribution in [0.4, 0.5) is 5.69 Å². The Hall–Kier alpha value is -2.13. The highest BCUT2D eigenvalue weighted by atomic mass is 32.1. The van der Waals surface area contributed by atoms with E-state index < -0.39 is 0 Å². The van der Waals surface area contributed by atoms with Crippen LogP contribution in [0.3, 0.4) is 0 Å². The molecule has 0 spiro atoms. The summed E-state index contributed by atoms with van der Waals surface area (Å²) >= 11 is 4.44. The van der Waals surface area contributed by atoms with Crippen LogP contribution < -0.4 is 9.64 Å². The van der Waals surface area contributed by atoms with Gasteiger partial charge in [-0.1, -0.05) is 31.2 Å². The highest BCUT2D eigenvalue weighted by molar-refractivity contribution is 7.80. The zero-order chi connectivity index (χ0) is 15.8. The van der Waals surface area contributed by atoms with Crippen LogP contribution in [0.1, 0.15) is 18.1 Å². The molecule has 0 N–H and O–H groups in total. The van der Waals surface area contributed by atoms with Gasteiger partial charge in [0.1, 0.15) is 5.75 Å². The van der Waals surface area contributed by atoms with Crippen LogP contribution in [0.25, 0.3) is 10.8 Å². The topological polar surface area (TPSA) is 12.5 Å². The summed E-state index contributed by atoms with van der Waals surface area (Å²) in [5, 5.41) is 2.46. The maximum Gasteiger partial charge on any atom is 0.161 e. The molecule has 0 saturated heterocycles. The second kappa shape index (κ2) is 5.82. The summed E-state index contributed by atoms with van der Waals surface area (Å²) in [6, 6.07) is 19.2. The first-order valence-corrected chi connectivity index (χ1v) is 8.40. The predicted octanol–water partition coefficient (Wildman–Crippen LogP) is 5.05. The van der Waals surface area contributed by atoms with E-state index in [-0.39, 0.29) is 0 Å². The number of anilines is 1. The van der Waals surface area contributed by atoms with Gasteiger partial charge in [-0.3, -0.25) is 0 Å². The second-order valence-corrected chi connectivity index (χ2v) is 6.46. The fourth-order valence-electron chi connectivity index (χ4n) is 3.15. The average molecular weight is 321 g/mol. The lowest BCUT2D eigenvalue weighted by molar-refractivity contribution is 0.290. The lowest BCUT2D eigenvalue weighted by Gasteiger charge is -2.31. The van der Waals surface area contributed by atoms with Crippen molar-refractivity contribution in [1.82, 2.24) is 0 Å². The van der Waals surface area contributed by atoms with E-state index in [9.17, 15) is 0 Å². The Bertz CT molecular complexity index is 857. The molecule has 0 aromatic heterocycles. The minimum atomic E-state index is 0.592. The lowest BCUT2D eigenvalue weighted by atomic mass is 10.0. The molecule has 0 bridgehead atoms. The monoisotopic (exact) mass is 321 g/mol. The summed E-state index contributed by atoms with van der Waals surface area (Å²) < 4.78 is 5.99. The standard InChI is InChI=1S/C20H19NOS/c1-2-14-3-6-16(7-4-14)21-12-19-18-9-8-17(23)11-15(18)5-10-20(19)22-13-21/h3-11,23H,2,12-13H2,1H3. The van der Waals surface area contributed by atoms with Crippen molar-refractivity contribution in [2.75, 3.05) is 11.6 Å². The zero-order valence-corrected chi connectivity index (χ0v) is 14.0. The van der Waals surface area contributed by atoms with E-state index in [0.717, 1.165) is 23.6 Å². The molecule has 1 aliphatic rings. The quantitative estimate of drug-likeness (QED) is 0.663. The van der Waals surface area contributed by atoms with Gasteiger partial charge in [0.05, 0.1) is 6.54 Å². The maximum atomic E-state index is 5.99. The number of thiol groups is 1. The van der Waals surface area contributed by atoms with E-state index in [4.69, 9.17) is 4.74 Å². The number of benzene rings is 3. The van der Waals surface area contributed by atoms with Gasteiger partial charge in [-0.15, -0.1) is 12.6 Å². The molecule has 0 atom stereocenters. The predicted molar refractivity (Wildman–Crippen MR) is 98.7 cm³/mol. The van der Waals surface area contributed by atoms with Crippen LogP contribution in [-0.2, 0) is 13.0 Å². The van der Waals surface area contributed by atoms with E-state index in [0.29, 0.717) is 6.73 Å². The smallest absolute Gasteiger partial charge is 0.161 e. The molecule has 1 aliphatic heterocycles. The molecule has 0 saturated carbocycles. The molecule has 1 heterocycles. The summed E-state index contributed by atoms with van der Waals surface area (Å²) in [4.78, 5) is 3.26. The first-order valence-electron chi connectivity index (χ1n) is 7.96. The molecule has 116 valence electrons. The molecule has 3 heteroatoms. The first-order chi connectivity index (χ1) is 11.2. The Morgan fingerprint density at radius 1 is 1.04 bits per heavy atom. The van der Waals surface area contributed by atoms with Crippen LogP contribution in [0.5, 0.6) is 5.75 Å². The number of hydrogen-bond donors (Lipinski definition) is 1. The van der Waals surface area contributed by atoms with Gasteiger partial charge in [0, 0.05) is 16.1 Å². The molecule has 3 aromatic rings. The van der Waals surface area contributed by atoms with Gasteiger partial charge in [0.2, 0.25) is 0 Å². The fraction of sp³-hybridized carbons (Fsp3) is 0.200. The molecular weight excluding hydrogens is 302 g/mol. The number of nitrogens with zero attached hydrogens (tertiary/aromatic N) is 1. The third kappa shape index (κ3) is 2.66. The Morgan fingerprint density at radius 3 is 2.65 bits per heavy atom. The SMILES string of the molecule is CCc1ccc(N2COc3ccc4cc(S)ccc4c3C2)cc1.